The van der Waals surface area contributed by atoms with Gasteiger partial charge in [0, 0.05) is 35.3 Å². The number of nitrogens with one attached hydrogen (secondary N) is 1. The maximum Gasteiger partial charge on any atom is 0.139 e. The second kappa shape index (κ2) is 5.23. The molecule has 1 aliphatic rings. The number of thioether (sulfide) groups is 2. The van der Waals surface area contributed by atoms with Gasteiger partial charge in [-0.25, -0.2) is 4.98 Å². The summed E-state index contributed by atoms with van der Waals surface area (Å²) in [5.74, 6) is 4.73. The Labute approximate surface area is 109 Å². The van der Waals surface area contributed by atoms with E-state index >= 15 is 0 Å². The smallest absolute Gasteiger partial charge is 0.139 e. The Morgan fingerprint density at radius 2 is 2.41 bits per heavy atom. The highest BCUT2D eigenvalue weighted by molar-refractivity contribution is 8.06. The Balaban J connectivity index is 1.69. The third-order valence-electron chi connectivity index (χ3n) is 2.76. The number of rotatable bonds is 3. The topological polar surface area (TPSA) is 38.1 Å². The highest BCUT2D eigenvalue weighted by atomic mass is 32.2. The van der Waals surface area contributed by atoms with E-state index in [0.717, 1.165) is 23.3 Å². The van der Waals surface area contributed by atoms with Crippen LogP contribution in [-0.4, -0.2) is 34.0 Å². The van der Waals surface area contributed by atoms with E-state index in [9.17, 15) is 0 Å². The van der Waals surface area contributed by atoms with Crippen molar-refractivity contribution in [2.24, 2.45) is 0 Å². The molecule has 0 aliphatic carbocycles. The number of aromatic nitrogens is 1. The maximum atomic E-state index is 5.36. The van der Waals surface area contributed by atoms with Crippen molar-refractivity contribution in [3.05, 3.63) is 24.6 Å². The first-order valence-corrected chi connectivity index (χ1v) is 7.89. The summed E-state index contributed by atoms with van der Waals surface area (Å²) in [6.07, 6.45) is 3.50. The fourth-order valence-corrected chi connectivity index (χ4v) is 4.51. The van der Waals surface area contributed by atoms with Gasteiger partial charge in [-0.1, -0.05) is 0 Å². The van der Waals surface area contributed by atoms with Gasteiger partial charge in [-0.3, -0.25) is 0 Å². The van der Waals surface area contributed by atoms with Crippen molar-refractivity contribution >= 4 is 40.3 Å². The normalized spacial score (nSPS) is 20.6. The van der Waals surface area contributed by atoms with Crippen LogP contribution >= 0.6 is 23.5 Å². The van der Waals surface area contributed by atoms with Gasteiger partial charge < -0.3 is 9.73 Å². The third kappa shape index (κ3) is 2.55. The molecule has 0 amide bonds. The van der Waals surface area contributed by atoms with Crippen LogP contribution in [0.2, 0.25) is 0 Å². The molecule has 5 heteroatoms. The van der Waals surface area contributed by atoms with Crippen molar-refractivity contribution in [3.63, 3.8) is 0 Å². The molecule has 3 nitrogen and oxygen atoms in total. The number of anilines is 1. The monoisotopic (exact) mass is 266 g/mol. The molecule has 0 radical (unpaired) electrons. The molecule has 1 N–H and O–H groups in total. The van der Waals surface area contributed by atoms with Gasteiger partial charge in [0.2, 0.25) is 0 Å². The zero-order valence-electron chi connectivity index (χ0n) is 9.39. The minimum Gasteiger partial charge on any atom is -0.464 e. The van der Waals surface area contributed by atoms with Gasteiger partial charge in [0.05, 0.1) is 11.6 Å². The first-order chi connectivity index (χ1) is 8.43. The SMILES string of the molecule is c1cc2occc2c(NCC2CSCCS2)n1. The zero-order valence-corrected chi connectivity index (χ0v) is 11.0. The molecule has 0 aromatic carbocycles. The molecule has 1 atom stereocenters. The van der Waals surface area contributed by atoms with E-state index in [0.29, 0.717) is 5.25 Å². The van der Waals surface area contributed by atoms with Crippen molar-refractivity contribution in [3.8, 4) is 0 Å². The Bertz CT molecular complexity index is 494. The average Bonchev–Trinajstić information content (AvgIpc) is 2.86. The maximum absolute atomic E-state index is 5.36. The minimum absolute atomic E-state index is 0.692. The van der Waals surface area contributed by atoms with Crippen LogP contribution in [0.1, 0.15) is 0 Å². The van der Waals surface area contributed by atoms with E-state index in [2.05, 4.69) is 22.1 Å². The van der Waals surface area contributed by atoms with Gasteiger partial charge in [0.1, 0.15) is 11.4 Å². The van der Waals surface area contributed by atoms with E-state index < -0.39 is 0 Å². The zero-order chi connectivity index (χ0) is 11.5. The van der Waals surface area contributed by atoms with E-state index in [1.807, 2.05) is 23.9 Å². The van der Waals surface area contributed by atoms with Gasteiger partial charge in [-0.05, 0) is 12.1 Å². The highest BCUT2D eigenvalue weighted by Gasteiger charge is 2.14. The summed E-state index contributed by atoms with van der Waals surface area (Å²) in [5.41, 5.74) is 0.896. The van der Waals surface area contributed by atoms with Crippen LogP contribution in [0.4, 0.5) is 5.82 Å². The number of hydrogen-bond acceptors (Lipinski definition) is 5. The van der Waals surface area contributed by atoms with E-state index in [1.54, 1.807) is 12.5 Å². The summed E-state index contributed by atoms with van der Waals surface area (Å²) >= 11 is 4.10. The van der Waals surface area contributed by atoms with Crippen LogP contribution in [0.25, 0.3) is 11.0 Å². The van der Waals surface area contributed by atoms with Crippen LogP contribution in [-0.2, 0) is 0 Å². The van der Waals surface area contributed by atoms with Gasteiger partial charge in [-0.15, -0.1) is 0 Å². The molecular weight excluding hydrogens is 252 g/mol. The van der Waals surface area contributed by atoms with Gasteiger partial charge >= 0.3 is 0 Å². The minimum atomic E-state index is 0.692. The number of pyridine rings is 1. The Hall–Kier alpha value is -0.810. The lowest BCUT2D eigenvalue weighted by Gasteiger charge is -2.21. The molecule has 0 bridgehead atoms. The standard InChI is InChI=1S/C12H14N2OS2/c1-3-13-12(10-2-4-15-11(1)10)14-7-9-8-16-5-6-17-9/h1-4,9H,5-8H2,(H,13,14). The summed E-state index contributed by atoms with van der Waals surface area (Å²) in [4.78, 5) is 4.38. The predicted molar refractivity (Wildman–Crippen MR) is 76.1 cm³/mol. The van der Waals surface area contributed by atoms with Crippen LogP contribution in [0.3, 0.4) is 0 Å². The Kier molecular flexibility index (Phi) is 3.47. The van der Waals surface area contributed by atoms with Crippen molar-refractivity contribution in [2.75, 3.05) is 29.1 Å². The average molecular weight is 266 g/mol. The van der Waals surface area contributed by atoms with Gasteiger partial charge in [0.25, 0.3) is 0 Å². The molecular formula is C12H14N2OS2. The summed E-state index contributed by atoms with van der Waals surface area (Å²) in [6.45, 7) is 0.981. The van der Waals surface area contributed by atoms with Crippen LogP contribution in [0.5, 0.6) is 0 Å². The first-order valence-electron chi connectivity index (χ1n) is 5.69. The predicted octanol–water partition coefficient (Wildman–Crippen LogP) is 3.09. The Morgan fingerprint density at radius 3 is 3.29 bits per heavy atom. The lowest BCUT2D eigenvalue weighted by molar-refractivity contribution is 0.615. The lowest BCUT2D eigenvalue weighted by Crippen LogP contribution is -2.23. The number of nitrogens with zero attached hydrogens (tertiary/aromatic N) is 1. The van der Waals surface area contributed by atoms with Crippen molar-refractivity contribution in [1.29, 1.82) is 0 Å². The second-order valence-electron chi connectivity index (χ2n) is 3.94. The van der Waals surface area contributed by atoms with Crippen LogP contribution < -0.4 is 5.32 Å². The molecule has 90 valence electrons. The van der Waals surface area contributed by atoms with Crippen molar-refractivity contribution in [2.45, 2.75) is 5.25 Å². The van der Waals surface area contributed by atoms with Crippen molar-refractivity contribution in [1.82, 2.24) is 4.98 Å². The van der Waals surface area contributed by atoms with E-state index in [1.165, 1.54) is 17.3 Å². The molecule has 1 aliphatic heterocycles. The number of furan rings is 1. The fraction of sp³-hybridized carbons (Fsp3) is 0.417. The summed E-state index contributed by atoms with van der Waals surface area (Å²) in [7, 11) is 0. The summed E-state index contributed by atoms with van der Waals surface area (Å²) in [6, 6.07) is 3.86. The quantitative estimate of drug-likeness (QED) is 0.924. The van der Waals surface area contributed by atoms with E-state index in [4.69, 9.17) is 4.42 Å². The highest BCUT2D eigenvalue weighted by Crippen LogP contribution is 2.26. The fourth-order valence-electron chi connectivity index (χ4n) is 1.90. The first kappa shape index (κ1) is 11.3. The van der Waals surface area contributed by atoms with Crippen LogP contribution in [0, 0.1) is 0 Å². The van der Waals surface area contributed by atoms with E-state index in [-0.39, 0.29) is 0 Å². The second-order valence-corrected chi connectivity index (χ2v) is 6.50. The molecule has 2 aromatic heterocycles. The molecule has 2 aromatic rings. The molecule has 1 unspecified atom stereocenters. The lowest BCUT2D eigenvalue weighted by atomic mass is 10.3. The third-order valence-corrected chi connectivity index (χ3v) is 5.61. The molecule has 3 heterocycles. The molecule has 0 spiro atoms. The van der Waals surface area contributed by atoms with Crippen LogP contribution in [0.15, 0.2) is 29.0 Å². The summed E-state index contributed by atoms with van der Waals surface area (Å²) < 4.78 is 5.36. The Morgan fingerprint density at radius 1 is 1.41 bits per heavy atom. The molecule has 1 saturated heterocycles. The van der Waals surface area contributed by atoms with Crippen molar-refractivity contribution < 1.29 is 4.42 Å². The molecule has 1 fully saturated rings. The molecule has 17 heavy (non-hydrogen) atoms. The largest absolute Gasteiger partial charge is 0.464 e. The van der Waals surface area contributed by atoms with Gasteiger partial charge in [-0.2, -0.15) is 23.5 Å². The number of hydrogen-bond donors (Lipinski definition) is 1. The van der Waals surface area contributed by atoms with Gasteiger partial charge in [0.15, 0.2) is 0 Å². The molecule has 3 rings (SSSR count). The molecule has 0 saturated carbocycles. The number of fused-ring (bicyclic) bond motifs is 1. The summed E-state index contributed by atoms with van der Waals surface area (Å²) in [5, 5.41) is 5.20.